The number of aliphatic hydroxyl groups excluding tert-OH is 2. The zero-order valence-corrected chi connectivity index (χ0v) is 12.1. The number of phosphoric ester groups is 1. The van der Waals surface area contributed by atoms with E-state index in [1.54, 1.807) is 0 Å². The molecule has 96 valence electrons. The molecule has 0 spiro atoms. The maximum absolute atomic E-state index is 11.0. The number of hydrogen-bond acceptors (Lipinski definition) is 8. The van der Waals surface area contributed by atoms with Crippen molar-refractivity contribution in [2.75, 3.05) is 19.8 Å². The van der Waals surface area contributed by atoms with Crippen molar-refractivity contribution in [2.24, 2.45) is 5.73 Å². The van der Waals surface area contributed by atoms with Crippen LogP contribution in [-0.2, 0) is 18.4 Å². The second kappa shape index (κ2) is 9.40. The van der Waals surface area contributed by atoms with Crippen LogP contribution in [0.5, 0.6) is 0 Å². The van der Waals surface area contributed by atoms with E-state index < -0.39 is 45.8 Å². The van der Waals surface area contributed by atoms with Gasteiger partial charge in [0, 0.05) is 0 Å². The van der Waals surface area contributed by atoms with E-state index in [2.05, 4.69) is 9.05 Å². The molecule has 0 fully saturated rings. The molecule has 0 heterocycles. The molecule has 0 amide bonds. The van der Waals surface area contributed by atoms with Gasteiger partial charge in [-0.1, -0.05) is 0 Å². The molecule has 0 radical (unpaired) electrons. The molecule has 0 aliphatic rings. The Morgan fingerprint density at radius 1 is 1.41 bits per heavy atom. The summed E-state index contributed by atoms with van der Waals surface area (Å²) in [6, 6.07) is -1.56. The van der Waals surface area contributed by atoms with E-state index in [4.69, 9.17) is 20.8 Å². The van der Waals surface area contributed by atoms with Crippen LogP contribution in [0.25, 0.3) is 0 Å². The third kappa shape index (κ3) is 10.1. The van der Waals surface area contributed by atoms with Gasteiger partial charge in [-0.2, -0.15) is 0 Å². The van der Waals surface area contributed by atoms with E-state index in [0.717, 1.165) is 0 Å². The fraction of sp³-hybridized carbons (Fsp3) is 0.833. The summed E-state index contributed by atoms with van der Waals surface area (Å²) in [5, 5.41) is 27.3. The summed E-state index contributed by atoms with van der Waals surface area (Å²) in [6.07, 6.45) is -1.33. The van der Waals surface area contributed by atoms with Crippen molar-refractivity contribution < 1.29 is 68.2 Å². The van der Waals surface area contributed by atoms with Crippen molar-refractivity contribution in [1.82, 2.24) is 0 Å². The number of carboxylic acids is 1. The van der Waals surface area contributed by atoms with Crippen molar-refractivity contribution in [1.29, 1.82) is 0 Å². The predicted octanol–water partition coefficient (Wildman–Crippen LogP) is -6.45. The average Bonchev–Trinajstić information content (AvgIpc) is 2.22. The number of nitrogens with two attached hydrogens (primary N) is 1. The van der Waals surface area contributed by atoms with Crippen LogP contribution in [0.2, 0.25) is 0 Å². The number of rotatable bonds is 8. The predicted molar refractivity (Wildman–Crippen MR) is 47.8 cm³/mol. The molecule has 9 nitrogen and oxygen atoms in total. The first kappa shape index (κ1) is 19.8. The van der Waals surface area contributed by atoms with Gasteiger partial charge in [-0.25, -0.2) is 4.57 Å². The van der Waals surface area contributed by atoms with Crippen molar-refractivity contribution in [2.45, 2.75) is 12.1 Å². The monoisotopic (exact) mass is 281 g/mol. The summed E-state index contributed by atoms with van der Waals surface area (Å²) in [5.41, 5.74) is 4.94. The Labute approximate surface area is 119 Å². The number of carbonyl (C=O) groups excluding carboxylic acids is 1. The smallest absolute Gasteiger partial charge is 0.548 e. The van der Waals surface area contributed by atoms with E-state index in [9.17, 15) is 14.5 Å². The molecule has 0 aromatic heterocycles. The third-order valence-corrected chi connectivity index (χ3v) is 2.31. The minimum atomic E-state index is -4.50. The Bertz CT molecular complexity index is 277. The molecule has 0 saturated heterocycles. The standard InChI is InChI=1S/C6H14NO8P.Na/c7-5(6(10)11)3-15-16(12,13)14-2-4(9)1-8;/h4-5,8-9H,1-3,7H2,(H,10,11)(H,12,13);/q;+1/p-1/t4?,5-;/m0./s1. The summed E-state index contributed by atoms with van der Waals surface area (Å²) < 4.78 is 19.4. The molecule has 5 N–H and O–H groups in total. The molecule has 0 aliphatic carbocycles. The first-order valence-corrected chi connectivity index (χ1v) is 5.65. The number of aliphatic carboxylic acids is 1. The van der Waals surface area contributed by atoms with Crippen molar-refractivity contribution in [3.63, 3.8) is 0 Å². The average molecular weight is 281 g/mol. The third-order valence-electron chi connectivity index (χ3n) is 1.36. The fourth-order valence-electron chi connectivity index (χ4n) is 0.513. The van der Waals surface area contributed by atoms with Gasteiger partial charge in [0.2, 0.25) is 0 Å². The zero-order chi connectivity index (χ0) is 12.8. The van der Waals surface area contributed by atoms with Crippen LogP contribution in [0.1, 0.15) is 0 Å². The molecule has 2 unspecified atom stereocenters. The molecule has 3 atom stereocenters. The van der Waals surface area contributed by atoms with Crippen LogP contribution in [0.4, 0.5) is 0 Å². The van der Waals surface area contributed by atoms with E-state index in [0.29, 0.717) is 0 Å². The van der Waals surface area contributed by atoms with E-state index in [-0.39, 0.29) is 29.6 Å². The molecule has 0 aromatic rings. The molecular weight excluding hydrogens is 268 g/mol. The van der Waals surface area contributed by atoms with Crippen LogP contribution < -0.4 is 40.4 Å². The number of phosphoric acid groups is 1. The SMILES string of the molecule is N[C@@H](COP(=O)(O)OCC(O)CO)C(=O)[O-].[Na+]. The Hall–Kier alpha value is 0.460. The van der Waals surface area contributed by atoms with Gasteiger partial charge in [-0.15, -0.1) is 0 Å². The van der Waals surface area contributed by atoms with Crippen LogP contribution in [0, 0.1) is 0 Å². The van der Waals surface area contributed by atoms with Gasteiger partial charge in [0.25, 0.3) is 0 Å². The summed E-state index contributed by atoms with van der Waals surface area (Å²) in [4.78, 5) is 19.1. The van der Waals surface area contributed by atoms with E-state index in [1.807, 2.05) is 0 Å². The summed E-state index contributed by atoms with van der Waals surface area (Å²) in [6.45, 7) is -2.06. The topological polar surface area (TPSA) is 162 Å². The zero-order valence-electron chi connectivity index (χ0n) is 9.18. The van der Waals surface area contributed by atoms with Gasteiger partial charge >= 0.3 is 37.4 Å². The van der Waals surface area contributed by atoms with Crippen molar-refractivity contribution in [3.8, 4) is 0 Å². The van der Waals surface area contributed by atoms with Gasteiger partial charge in [-0.05, 0) is 0 Å². The molecule has 0 bridgehead atoms. The Morgan fingerprint density at radius 2 is 1.88 bits per heavy atom. The molecule has 11 heteroatoms. The number of carbonyl (C=O) groups is 1. The van der Waals surface area contributed by atoms with Crippen LogP contribution >= 0.6 is 7.82 Å². The fourth-order valence-corrected chi connectivity index (χ4v) is 1.30. The van der Waals surface area contributed by atoms with Gasteiger partial charge in [0.1, 0.15) is 6.10 Å². The Kier molecular flexibility index (Phi) is 10.9. The first-order chi connectivity index (χ1) is 7.28. The number of carboxylic acid groups (broad SMARTS) is 1. The minimum Gasteiger partial charge on any atom is -0.548 e. The second-order valence-corrected chi connectivity index (χ2v) is 4.28. The minimum absolute atomic E-state index is 0. The Morgan fingerprint density at radius 3 is 2.29 bits per heavy atom. The van der Waals surface area contributed by atoms with Gasteiger partial charge in [0.15, 0.2) is 0 Å². The van der Waals surface area contributed by atoms with Crippen molar-refractivity contribution >= 4 is 13.8 Å². The maximum Gasteiger partial charge on any atom is 1.00 e. The van der Waals surface area contributed by atoms with Gasteiger partial charge in [0.05, 0.1) is 31.8 Å². The van der Waals surface area contributed by atoms with E-state index in [1.165, 1.54) is 0 Å². The second-order valence-electron chi connectivity index (χ2n) is 2.82. The molecule has 0 aromatic carbocycles. The van der Waals surface area contributed by atoms with Gasteiger partial charge < -0.3 is 30.7 Å². The largest absolute Gasteiger partial charge is 1.00 e. The molecule has 0 aliphatic heterocycles. The summed E-state index contributed by atoms with van der Waals surface area (Å²) in [5.74, 6) is -1.64. The van der Waals surface area contributed by atoms with E-state index >= 15 is 0 Å². The molecule has 0 rings (SSSR count). The summed E-state index contributed by atoms with van der Waals surface area (Å²) in [7, 11) is -4.50. The molecule has 17 heavy (non-hydrogen) atoms. The maximum atomic E-state index is 11.0. The molecular formula is C6H13NNaO8P. The van der Waals surface area contributed by atoms with Crippen molar-refractivity contribution in [3.05, 3.63) is 0 Å². The van der Waals surface area contributed by atoms with Crippen LogP contribution in [0.15, 0.2) is 0 Å². The normalized spacial score (nSPS) is 17.6. The first-order valence-electron chi connectivity index (χ1n) is 4.15. The van der Waals surface area contributed by atoms with Crippen LogP contribution in [0.3, 0.4) is 0 Å². The van der Waals surface area contributed by atoms with Gasteiger partial charge in [-0.3, -0.25) is 9.05 Å². The quantitative estimate of drug-likeness (QED) is 0.250. The molecule has 0 saturated carbocycles. The van der Waals surface area contributed by atoms with Crippen LogP contribution in [-0.4, -0.2) is 53.0 Å². The number of hydrogen-bond donors (Lipinski definition) is 4. The Balaban J connectivity index is 0. The summed E-state index contributed by atoms with van der Waals surface area (Å²) >= 11 is 0. The number of aliphatic hydroxyl groups is 2.